The summed E-state index contributed by atoms with van der Waals surface area (Å²) in [4.78, 5) is 27.9. The normalized spacial score (nSPS) is 10.3. The van der Waals surface area contributed by atoms with E-state index < -0.39 is 0 Å². The van der Waals surface area contributed by atoms with Gasteiger partial charge in [0.05, 0.1) is 19.2 Å². The van der Waals surface area contributed by atoms with Crippen LogP contribution in [0.4, 0.5) is 4.39 Å². The standard InChI is InChI=1S/C15H15FN2O3S/c1-9-13(14(20)17-8-7-12(19)21-2)22-15(18-9)10-3-5-11(16)6-4-10/h3-6H,7-8H2,1-2H3,(H,17,20). The third-order valence-corrected chi connectivity index (χ3v) is 4.14. The molecule has 7 heteroatoms. The molecule has 0 aliphatic rings. The van der Waals surface area contributed by atoms with Crippen LogP contribution in [0.5, 0.6) is 0 Å². The second-order valence-electron chi connectivity index (χ2n) is 4.52. The molecule has 1 aromatic heterocycles. The average molecular weight is 322 g/mol. The first-order valence-corrected chi connectivity index (χ1v) is 7.41. The highest BCUT2D eigenvalue weighted by atomic mass is 32.1. The third-order valence-electron chi connectivity index (χ3n) is 2.94. The lowest BCUT2D eigenvalue weighted by Crippen LogP contribution is -2.26. The smallest absolute Gasteiger partial charge is 0.307 e. The number of aryl methyl sites for hydroxylation is 1. The second kappa shape index (κ2) is 7.13. The number of carbonyl (C=O) groups is 2. The number of methoxy groups -OCH3 is 1. The van der Waals surface area contributed by atoms with Gasteiger partial charge in [0.2, 0.25) is 0 Å². The summed E-state index contributed by atoms with van der Waals surface area (Å²) in [7, 11) is 1.30. The van der Waals surface area contributed by atoms with E-state index in [1.807, 2.05) is 0 Å². The van der Waals surface area contributed by atoms with E-state index in [9.17, 15) is 14.0 Å². The number of rotatable bonds is 5. The molecule has 0 radical (unpaired) electrons. The zero-order valence-corrected chi connectivity index (χ0v) is 13.0. The lowest BCUT2D eigenvalue weighted by Gasteiger charge is -2.02. The summed E-state index contributed by atoms with van der Waals surface area (Å²) in [6, 6.07) is 5.93. The van der Waals surface area contributed by atoms with E-state index in [0.717, 1.165) is 5.56 Å². The lowest BCUT2D eigenvalue weighted by atomic mass is 10.2. The van der Waals surface area contributed by atoms with Gasteiger partial charge in [0.1, 0.15) is 15.7 Å². The number of carbonyl (C=O) groups excluding carboxylic acids is 2. The number of hydrogen-bond donors (Lipinski definition) is 1. The Morgan fingerprint density at radius 1 is 1.32 bits per heavy atom. The van der Waals surface area contributed by atoms with Gasteiger partial charge in [-0.3, -0.25) is 9.59 Å². The summed E-state index contributed by atoms with van der Waals surface area (Å²) in [6.07, 6.45) is 0.116. The van der Waals surface area contributed by atoms with E-state index in [1.165, 1.54) is 30.6 Å². The van der Waals surface area contributed by atoms with E-state index in [1.54, 1.807) is 19.1 Å². The van der Waals surface area contributed by atoms with Crippen molar-refractivity contribution in [3.8, 4) is 10.6 Å². The van der Waals surface area contributed by atoms with Crippen LogP contribution in [0.1, 0.15) is 21.8 Å². The third kappa shape index (κ3) is 3.88. The Kier molecular flexibility index (Phi) is 5.21. The predicted molar refractivity (Wildman–Crippen MR) is 81.2 cm³/mol. The van der Waals surface area contributed by atoms with E-state index in [-0.39, 0.29) is 30.7 Å². The van der Waals surface area contributed by atoms with Crippen molar-refractivity contribution in [3.05, 3.63) is 40.7 Å². The highest BCUT2D eigenvalue weighted by Crippen LogP contribution is 2.27. The number of aromatic nitrogens is 1. The summed E-state index contributed by atoms with van der Waals surface area (Å²) >= 11 is 1.23. The molecule has 0 atom stereocenters. The molecule has 0 saturated heterocycles. The van der Waals surface area contributed by atoms with Crippen LogP contribution in [-0.4, -0.2) is 30.5 Å². The number of esters is 1. The van der Waals surface area contributed by atoms with Gasteiger partial charge < -0.3 is 10.1 Å². The maximum Gasteiger partial charge on any atom is 0.307 e. The van der Waals surface area contributed by atoms with Crippen molar-refractivity contribution in [2.75, 3.05) is 13.7 Å². The number of hydrogen-bond acceptors (Lipinski definition) is 5. The number of nitrogens with one attached hydrogen (secondary N) is 1. The predicted octanol–water partition coefficient (Wildman–Crippen LogP) is 2.55. The van der Waals surface area contributed by atoms with Crippen LogP contribution >= 0.6 is 11.3 Å². The van der Waals surface area contributed by atoms with E-state index in [0.29, 0.717) is 15.6 Å². The molecular formula is C15H15FN2O3S. The van der Waals surface area contributed by atoms with Crippen LogP contribution in [0.25, 0.3) is 10.6 Å². The van der Waals surface area contributed by atoms with Crippen LogP contribution in [0.3, 0.4) is 0 Å². The maximum absolute atomic E-state index is 12.9. The van der Waals surface area contributed by atoms with Gasteiger partial charge in [0.25, 0.3) is 5.91 Å². The first kappa shape index (κ1) is 16.1. The Morgan fingerprint density at radius 2 is 2.00 bits per heavy atom. The number of benzene rings is 1. The minimum atomic E-state index is -0.381. The fraction of sp³-hybridized carbons (Fsp3) is 0.267. The Labute approximate surface area is 131 Å². The number of halogens is 1. The molecule has 1 N–H and O–H groups in total. The summed E-state index contributed by atoms with van der Waals surface area (Å²) in [5, 5.41) is 3.30. The zero-order chi connectivity index (χ0) is 16.1. The first-order chi connectivity index (χ1) is 10.5. The summed E-state index contributed by atoms with van der Waals surface area (Å²) in [5.74, 6) is -0.988. The SMILES string of the molecule is COC(=O)CCNC(=O)c1sc(-c2ccc(F)cc2)nc1C. The molecular weight excluding hydrogens is 307 g/mol. The quantitative estimate of drug-likeness (QED) is 0.859. The second-order valence-corrected chi connectivity index (χ2v) is 5.52. The van der Waals surface area contributed by atoms with Gasteiger partial charge in [-0.2, -0.15) is 0 Å². The number of thiazole rings is 1. The van der Waals surface area contributed by atoms with Gasteiger partial charge in [-0.15, -0.1) is 11.3 Å². The number of ether oxygens (including phenoxy) is 1. The molecule has 116 valence electrons. The van der Waals surface area contributed by atoms with Gasteiger partial charge in [-0.25, -0.2) is 9.37 Å². The highest BCUT2D eigenvalue weighted by molar-refractivity contribution is 7.17. The Hall–Kier alpha value is -2.28. The minimum absolute atomic E-state index is 0.116. The molecule has 0 aliphatic heterocycles. The molecule has 0 fully saturated rings. The minimum Gasteiger partial charge on any atom is -0.469 e. The molecule has 5 nitrogen and oxygen atoms in total. The van der Waals surface area contributed by atoms with Gasteiger partial charge in [0.15, 0.2) is 0 Å². The molecule has 1 amide bonds. The molecule has 0 unspecified atom stereocenters. The maximum atomic E-state index is 12.9. The highest BCUT2D eigenvalue weighted by Gasteiger charge is 2.16. The molecule has 0 saturated carbocycles. The largest absolute Gasteiger partial charge is 0.469 e. The van der Waals surface area contributed by atoms with Gasteiger partial charge in [-0.1, -0.05) is 0 Å². The topological polar surface area (TPSA) is 68.3 Å². The van der Waals surface area contributed by atoms with Gasteiger partial charge in [-0.05, 0) is 31.2 Å². The Balaban J connectivity index is 2.07. The molecule has 0 bridgehead atoms. The van der Waals surface area contributed by atoms with Crippen LogP contribution < -0.4 is 5.32 Å². The van der Waals surface area contributed by atoms with Crippen LogP contribution in [-0.2, 0) is 9.53 Å². The van der Waals surface area contributed by atoms with Gasteiger partial charge >= 0.3 is 5.97 Å². The molecule has 0 spiro atoms. The number of amides is 1. The lowest BCUT2D eigenvalue weighted by molar-refractivity contribution is -0.140. The average Bonchev–Trinajstić information content (AvgIpc) is 2.89. The monoisotopic (exact) mass is 322 g/mol. The van der Waals surface area contributed by atoms with Gasteiger partial charge in [0, 0.05) is 12.1 Å². The molecule has 0 aliphatic carbocycles. The van der Waals surface area contributed by atoms with Crippen molar-refractivity contribution < 1.29 is 18.7 Å². The van der Waals surface area contributed by atoms with Crippen LogP contribution in [0.15, 0.2) is 24.3 Å². The van der Waals surface area contributed by atoms with Crippen molar-refractivity contribution >= 4 is 23.2 Å². The Bertz CT molecular complexity index is 683. The first-order valence-electron chi connectivity index (χ1n) is 6.59. The van der Waals surface area contributed by atoms with E-state index >= 15 is 0 Å². The molecule has 2 rings (SSSR count). The molecule has 1 aromatic carbocycles. The summed E-state index contributed by atoms with van der Waals surface area (Å²) in [6.45, 7) is 1.94. The van der Waals surface area contributed by atoms with Crippen molar-refractivity contribution in [1.29, 1.82) is 0 Å². The van der Waals surface area contributed by atoms with Crippen LogP contribution in [0.2, 0.25) is 0 Å². The van der Waals surface area contributed by atoms with E-state index in [2.05, 4.69) is 15.0 Å². The van der Waals surface area contributed by atoms with E-state index in [4.69, 9.17) is 0 Å². The Morgan fingerprint density at radius 3 is 2.64 bits per heavy atom. The van der Waals surface area contributed by atoms with Crippen molar-refractivity contribution in [2.24, 2.45) is 0 Å². The van der Waals surface area contributed by atoms with Crippen molar-refractivity contribution in [1.82, 2.24) is 10.3 Å². The fourth-order valence-corrected chi connectivity index (χ4v) is 2.77. The van der Waals surface area contributed by atoms with Crippen molar-refractivity contribution in [2.45, 2.75) is 13.3 Å². The fourth-order valence-electron chi connectivity index (χ4n) is 1.78. The van der Waals surface area contributed by atoms with Crippen LogP contribution in [0, 0.1) is 12.7 Å². The number of nitrogens with zero attached hydrogens (tertiary/aromatic N) is 1. The molecule has 1 heterocycles. The zero-order valence-electron chi connectivity index (χ0n) is 12.2. The summed E-state index contributed by atoms with van der Waals surface area (Å²) < 4.78 is 17.4. The molecule has 22 heavy (non-hydrogen) atoms. The van der Waals surface area contributed by atoms with Crippen molar-refractivity contribution in [3.63, 3.8) is 0 Å². The molecule has 2 aromatic rings. The summed E-state index contributed by atoms with van der Waals surface area (Å²) in [5.41, 5.74) is 1.35.